The lowest BCUT2D eigenvalue weighted by Gasteiger charge is -2.08. The number of amides is 1. The number of halogens is 1. The summed E-state index contributed by atoms with van der Waals surface area (Å²) in [6, 6.07) is 5.47. The van der Waals surface area contributed by atoms with Crippen LogP contribution < -0.4 is 5.32 Å². The molecule has 0 saturated carbocycles. The second-order valence-electron chi connectivity index (χ2n) is 3.79. The van der Waals surface area contributed by atoms with Crippen LogP contribution in [0.3, 0.4) is 0 Å². The van der Waals surface area contributed by atoms with Gasteiger partial charge >= 0.3 is 0 Å². The molecule has 1 aromatic rings. The zero-order valence-corrected chi connectivity index (χ0v) is 12.3. The van der Waals surface area contributed by atoms with Crippen molar-refractivity contribution in [2.45, 2.75) is 6.92 Å². The van der Waals surface area contributed by atoms with Crippen LogP contribution in [0, 0.1) is 6.92 Å². The van der Waals surface area contributed by atoms with Crippen molar-refractivity contribution in [2.24, 2.45) is 4.99 Å². The van der Waals surface area contributed by atoms with Crippen molar-refractivity contribution in [2.75, 3.05) is 23.4 Å². The van der Waals surface area contributed by atoms with Crippen molar-refractivity contribution in [3.05, 3.63) is 28.8 Å². The van der Waals surface area contributed by atoms with Crippen molar-refractivity contribution < 1.29 is 4.79 Å². The molecule has 0 atom stereocenters. The number of anilines is 1. The number of hydrogen-bond acceptors (Lipinski definition) is 4. The predicted octanol–water partition coefficient (Wildman–Crippen LogP) is 3.42. The third-order valence-electron chi connectivity index (χ3n) is 2.36. The van der Waals surface area contributed by atoms with Crippen LogP contribution in [0.2, 0.25) is 5.02 Å². The van der Waals surface area contributed by atoms with E-state index in [4.69, 9.17) is 11.6 Å². The summed E-state index contributed by atoms with van der Waals surface area (Å²) in [5.41, 5.74) is 1.78. The highest BCUT2D eigenvalue weighted by Crippen LogP contribution is 2.23. The van der Waals surface area contributed by atoms with Gasteiger partial charge < -0.3 is 5.32 Å². The number of nitrogens with one attached hydrogen (secondary N) is 1. The minimum atomic E-state index is -0.0273. The first kappa shape index (κ1) is 13.8. The van der Waals surface area contributed by atoms with Gasteiger partial charge in [-0.1, -0.05) is 41.2 Å². The molecular formula is C12H13ClN2OS2. The minimum absolute atomic E-state index is 0.0273. The Morgan fingerprint density at radius 2 is 2.44 bits per heavy atom. The van der Waals surface area contributed by atoms with Gasteiger partial charge in [0.2, 0.25) is 5.91 Å². The van der Waals surface area contributed by atoms with Gasteiger partial charge in [-0.05, 0) is 24.6 Å². The molecule has 1 aromatic carbocycles. The van der Waals surface area contributed by atoms with Gasteiger partial charge in [0.25, 0.3) is 0 Å². The van der Waals surface area contributed by atoms with Crippen LogP contribution in [0.4, 0.5) is 5.69 Å². The first-order valence-corrected chi connectivity index (χ1v) is 7.86. The molecule has 3 nitrogen and oxygen atoms in total. The molecule has 0 fully saturated rings. The number of carbonyl (C=O) groups excluding carboxylic acids is 1. The Hall–Kier alpha value is -0.650. The number of aryl methyl sites for hydroxylation is 1. The van der Waals surface area contributed by atoms with Crippen LogP contribution in [0.25, 0.3) is 0 Å². The Balaban J connectivity index is 1.88. The maximum Gasteiger partial charge on any atom is 0.234 e. The minimum Gasteiger partial charge on any atom is -0.325 e. The number of rotatable bonds is 3. The summed E-state index contributed by atoms with van der Waals surface area (Å²) < 4.78 is 1.01. The van der Waals surface area contributed by atoms with E-state index in [1.165, 1.54) is 11.8 Å². The second kappa shape index (κ2) is 6.50. The number of aliphatic imine (C=N–C) groups is 1. The lowest BCUT2D eigenvalue weighted by Crippen LogP contribution is -2.15. The Labute approximate surface area is 120 Å². The number of carbonyl (C=O) groups is 1. The average Bonchev–Trinajstić information content (AvgIpc) is 2.84. The lowest BCUT2D eigenvalue weighted by atomic mass is 10.2. The van der Waals surface area contributed by atoms with E-state index in [1.807, 2.05) is 19.1 Å². The monoisotopic (exact) mass is 300 g/mol. The molecule has 0 spiro atoms. The molecule has 0 aromatic heterocycles. The van der Waals surface area contributed by atoms with Crippen molar-refractivity contribution in [3.63, 3.8) is 0 Å². The third-order valence-corrected chi connectivity index (χ3v) is 4.85. The van der Waals surface area contributed by atoms with Crippen LogP contribution in [0.5, 0.6) is 0 Å². The normalized spacial score (nSPS) is 14.4. The van der Waals surface area contributed by atoms with E-state index in [0.29, 0.717) is 10.8 Å². The highest BCUT2D eigenvalue weighted by atomic mass is 35.5. The smallest absolute Gasteiger partial charge is 0.234 e. The van der Waals surface area contributed by atoms with Crippen LogP contribution in [-0.2, 0) is 4.79 Å². The Bertz CT molecular complexity index is 491. The first-order valence-electron chi connectivity index (χ1n) is 5.51. The molecule has 1 N–H and O–H groups in total. The molecule has 0 unspecified atom stereocenters. The summed E-state index contributed by atoms with van der Waals surface area (Å²) in [6.07, 6.45) is 0. The Morgan fingerprint density at radius 1 is 1.61 bits per heavy atom. The molecule has 18 heavy (non-hydrogen) atoms. The fraction of sp³-hybridized carbons (Fsp3) is 0.333. The summed E-state index contributed by atoms with van der Waals surface area (Å²) in [6.45, 7) is 2.80. The SMILES string of the molecule is Cc1ccc(Cl)cc1NC(=O)CSC1=NCCS1. The number of nitrogens with zero attached hydrogens (tertiary/aromatic N) is 1. The molecule has 1 amide bonds. The zero-order chi connectivity index (χ0) is 13.0. The molecule has 6 heteroatoms. The molecular weight excluding hydrogens is 288 g/mol. The summed E-state index contributed by atoms with van der Waals surface area (Å²) in [5, 5.41) is 3.49. The molecule has 1 heterocycles. The molecule has 1 aliphatic heterocycles. The largest absolute Gasteiger partial charge is 0.325 e. The lowest BCUT2D eigenvalue weighted by molar-refractivity contribution is -0.113. The fourth-order valence-corrected chi connectivity index (χ4v) is 3.43. The Morgan fingerprint density at radius 3 is 3.17 bits per heavy atom. The van der Waals surface area contributed by atoms with E-state index in [0.717, 1.165) is 27.9 Å². The van der Waals surface area contributed by atoms with Crippen LogP contribution >= 0.6 is 35.1 Å². The summed E-state index contributed by atoms with van der Waals surface area (Å²) in [4.78, 5) is 16.1. The quantitative estimate of drug-likeness (QED) is 0.930. The van der Waals surface area contributed by atoms with E-state index in [-0.39, 0.29) is 5.91 Å². The van der Waals surface area contributed by atoms with Crippen molar-refractivity contribution in [1.29, 1.82) is 0 Å². The maximum absolute atomic E-state index is 11.8. The topological polar surface area (TPSA) is 41.5 Å². The number of benzene rings is 1. The molecule has 1 aliphatic rings. The highest BCUT2D eigenvalue weighted by molar-refractivity contribution is 8.39. The standard InChI is InChI=1S/C12H13ClN2OS2/c1-8-2-3-9(13)6-10(8)15-11(16)7-18-12-14-4-5-17-12/h2-3,6H,4-5,7H2,1H3,(H,15,16). The van der Waals surface area contributed by atoms with Crippen molar-refractivity contribution in [1.82, 2.24) is 0 Å². The van der Waals surface area contributed by atoms with Crippen LogP contribution in [-0.4, -0.2) is 28.3 Å². The average molecular weight is 301 g/mol. The number of thioether (sulfide) groups is 2. The van der Waals surface area contributed by atoms with Crippen molar-refractivity contribution >= 4 is 51.1 Å². The summed E-state index contributed by atoms with van der Waals surface area (Å²) >= 11 is 9.10. The van der Waals surface area contributed by atoms with Crippen LogP contribution in [0.15, 0.2) is 23.2 Å². The molecule has 2 rings (SSSR count). The van der Waals surface area contributed by atoms with Gasteiger partial charge in [-0.15, -0.1) is 0 Å². The van der Waals surface area contributed by atoms with Gasteiger partial charge in [0.15, 0.2) is 0 Å². The van der Waals surface area contributed by atoms with Gasteiger partial charge in [0, 0.05) is 16.5 Å². The van der Waals surface area contributed by atoms with E-state index in [2.05, 4.69) is 10.3 Å². The molecule has 0 saturated heterocycles. The van der Waals surface area contributed by atoms with Gasteiger partial charge in [-0.2, -0.15) is 0 Å². The van der Waals surface area contributed by atoms with Gasteiger partial charge in [0.1, 0.15) is 4.38 Å². The van der Waals surface area contributed by atoms with E-state index in [9.17, 15) is 4.79 Å². The molecule has 0 aliphatic carbocycles. The van der Waals surface area contributed by atoms with Crippen LogP contribution in [0.1, 0.15) is 5.56 Å². The van der Waals surface area contributed by atoms with E-state index in [1.54, 1.807) is 17.8 Å². The summed E-state index contributed by atoms with van der Waals surface area (Å²) in [5.74, 6) is 1.38. The van der Waals surface area contributed by atoms with Gasteiger partial charge in [-0.25, -0.2) is 0 Å². The van der Waals surface area contributed by atoms with E-state index >= 15 is 0 Å². The predicted molar refractivity (Wildman–Crippen MR) is 82.0 cm³/mol. The molecule has 96 valence electrons. The summed E-state index contributed by atoms with van der Waals surface area (Å²) in [7, 11) is 0. The molecule has 0 radical (unpaired) electrons. The molecule has 0 bridgehead atoms. The maximum atomic E-state index is 11.8. The zero-order valence-electron chi connectivity index (χ0n) is 9.90. The van der Waals surface area contributed by atoms with E-state index < -0.39 is 0 Å². The second-order valence-corrected chi connectivity index (χ2v) is 6.53. The van der Waals surface area contributed by atoms with Gasteiger partial charge in [0.05, 0.1) is 12.3 Å². The highest BCUT2D eigenvalue weighted by Gasteiger charge is 2.11. The number of hydrogen-bond donors (Lipinski definition) is 1. The third kappa shape index (κ3) is 3.93. The Kier molecular flexibility index (Phi) is 4.97. The fourth-order valence-electron chi connectivity index (χ4n) is 1.45. The van der Waals surface area contributed by atoms with Crippen molar-refractivity contribution in [3.8, 4) is 0 Å². The first-order chi connectivity index (χ1) is 8.65. The van der Waals surface area contributed by atoms with Gasteiger partial charge in [-0.3, -0.25) is 9.79 Å².